The number of hydrogen-bond acceptors (Lipinski definition) is 6. The molecule has 32 heavy (non-hydrogen) atoms. The molecule has 1 aliphatic rings. The number of hydrogen-bond donors (Lipinski definition) is 2. The zero-order valence-corrected chi connectivity index (χ0v) is 19.2. The number of nitrogens with zero attached hydrogens (tertiary/aromatic N) is 4. The maximum Gasteiger partial charge on any atom is 0.258 e. The molecule has 4 rings (SSSR count). The van der Waals surface area contributed by atoms with Crippen molar-refractivity contribution in [3.63, 3.8) is 0 Å². The van der Waals surface area contributed by atoms with E-state index in [0.717, 1.165) is 44.0 Å². The van der Waals surface area contributed by atoms with Crippen molar-refractivity contribution >= 4 is 52.4 Å². The van der Waals surface area contributed by atoms with Crippen LogP contribution in [0, 0.1) is 0 Å². The minimum atomic E-state index is -0.388. The Balaban J connectivity index is 1.53. The van der Waals surface area contributed by atoms with Crippen LogP contribution in [-0.2, 0) is 6.42 Å². The SMILES string of the molecule is CCc1cc(Nc2cc(NC(=O)c3c(Cl)cccc3Cl)ccn2)nc(N2CCCCC2)n1. The number of rotatable bonds is 6. The van der Waals surface area contributed by atoms with Crippen LogP contribution in [0.2, 0.25) is 10.0 Å². The van der Waals surface area contributed by atoms with Gasteiger partial charge in [0.05, 0.1) is 15.6 Å². The molecular formula is C23H24Cl2N6O. The van der Waals surface area contributed by atoms with Crippen LogP contribution in [0.25, 0.3) is 0 Å². The number of carbonyl (C=O) groups is 1. The molecule has 0 saturated carbocycles. The minimum absolute atomic E-state index is 0.233. The third kappa shape index (κ3) is 5.29. The Labute approximate surface area is 197 Å². The van der Waals surface area contributed by atoms with E-state index >= 15 is 0 Å². The molecule has 0 radical (unpaired) electrons. The first-order valence-corrected chi connectivity index (χ1v) is 11.4. The van der Waals surface area contributed by atoms with Gasteiger partial charge in [0.2, 0.25) is 5.95 Å². The number of pyridine rings is 1. The second-order valence-electron chi connectivity index (χ2n) is 7.55. The van der Waals surface area contributed by atoms with Gasteiger partial charge in [0.15, 0.2) is 0 Å². The summed E-state index contributed by atoms with van der Waals surface area (Å²) in [5, 5.41) is 6.65. The molecule has 0 spiro atoms. The van der Waals surface area contributed by atoms with Gasteiger partial charge in [-0.1, -0.05) is 36.2 Å². The fourth-order valence-electron chi connectivity index (χ4n) is 3.58. The summed E-state index contributed by atoms with van der Waals surface area (Å²) in [5.41, 5.74) is 1.75. The summed E-state index contributed by atoms with van der Waals surface area (Å²) in [7, 11) is 0. The molecule has 7 nitrogen and oxygen atoms in total. The lowest BCUT2D eigenvalue weighted by atomic mass is 10.1. The largest absolute Gasteiger partial charge is 0.341 e. The first-order valence-electron chi connectivity index (χ1n) is 10.6. The van der Waals surface area contributed by atoms with Crippen molar-refractivity contribution < 1.29 is 4.79 Å². The molecule has 1 amide bonds. The van der Waals surface area contributed by atoms with Crippen LogP contribution in [0.15, 0.2) is 42.6 Å². The summed E-state index contributed by atoms with van der Waals surface area (Å²) in [6.07, 6.45) is 5.97. The van der Waals surface area contributed by atoms with E-state index in [9.17, 15) is 4.79 Å². The van der Waals surface area contributed by atoms with Crippen molar-refractivity contribution in [2.75, 3.05) is 28.6 Å². The van der Waals surface area contributed by atoms with E-state index in [2.05, 4.69) is 27.4 Å². The standard InChI is InChI=1S/C23H24Cl2N6O/c1-2-15-13-20(30-23(28-15)31-11-4-3-5-12-31)29-19-14-16(9-10-26-19)27-22(32)21-17(24)7-6-8-18(21)25/h6-10,13-14H,2-5,11-12H2,1H3,(H2,26,27,28,29,30,32). The number of piperidine rings is 1. The molecule has 0 unspecified atom stereocenters. The van der Waals surface area contributed by atoms with Gasteiger partial charge in [-0.2, -0.15) is 4.98 Å². The van der Waals surface area contributed by atoms with Gasteiger partial charge in [-0.3, -0.25) is 4.79 Å². The van der Waals surface area contributed by atoms with E-state index in [-0.39, 0.29) is 11.5 Å². The van der Waals surface area contributed by atoms with Crippen molar-refractivity contribution in [3.8, 4) is 0 Å². The molecule has 0 aliphatic carbocycles. The van der Waals surface area contributed by atoms with Crippen LogP contribution in [0.1, 0.15) is 42.2 Å². The first kappa shape index (κ1) is 22.3. The highest BCUT2D eigenvalue weighted by atomic mass is 35.5. The Hall–Kier alpha value is -2.90. The molecule has 1 aromatic carbocycles. The molecule has 0 atom stereocenters. The van der Waals surface area contributed by atoms with Crippen LogP contribution in [0.5, 0.6) is 0 Å². The first-order chi connectivity index (χ1) is 15.5. The monoisotopic (exact) mass is 470 g/mol. The fraction of sp³-hybridized carbons (Fsp3) is 0.304. The van der Waals surface area contributed by atoms with Crippen molar-refractivity contribution in [3.05, 3.63) is 63.9 Å². The second-order valence-corrected chi connectivity index (χ2v) is 8.37. The second kappa shape index (κ2) is 10.1. The van der Waals surface area contributed by atoms with E-state index in [1.54, 1.807) is 36.5 Å². The van der Waals surface area contributed by atoms with Crippen molar-refractivity contribution in [1.29, 1.82) is 0 Å². The number of aryl methyl sites for hydroxylation is 1. The third-order valence-corrected chi connectivity index (χ3v) is 5.86. The number of halogens is 2. The number of amides is 1. The van der Waals surface area contributed by atoms with Gasteiger partial charge in [-0.25, -0.2) is 9.97 Å². The van der Waals surface area contributed by atoms with Gasteiger partial charge in [-0.15, -0.1) is 0 Å². The normalized spacial score (nSPS) is 13.7. The van der Waals surface area contributed by atoms with Gasteiger partial charge < -0.3 is 15.5 Å². The predicted molar refractivity (Wildman–Crippen MR) is 129 cm³/mol. The summed E-state index contributed by atoms with van der Waals surface area (Å²) >= 11 is 12.3. The molecule has 3 heterocycles. The summed E-state index contributed by atoms with van der Waals surface area (Å²) in [6.45, 7) is 4.01. The molecule has 9 heteroatoms. The van der Waals surface area contributed by atoms with Crippen LogP contribution in [0.3, 0.4) is 0 Å². The number of carbonyl (C=O) groups excluding carboxylic acids is 1. The molecule has 1 fully saturated rings. The van der Waals surface area contributed by atoms with Crippen LogP contribution in [0.4, 0.5) is 23.3 Å². The quantitative estimate of drug-likeness (QED) is 0.478. The van der Waals surface area contributed by atoms with E-state index in [4.69, 9.17) is 33.2 Å². The lowest BCUT2D eigenvalue weighted by Crippen LogP contribution is -2.31. The molecule has 1 aliphatic heterocycles. The molecule has 3 aromatic rings. The van der Waals surface area contributed by atoms with E-state index < -0.39 is 0 Å². The van der Waals surface area contributed by atoms with Crippen molar-refractivity contribution in [1.82, 2.24) is 15.0 Å². The van der Waals surface area contributed by atoms with E-state index in [1.165, 1.54) is 6.42 Å². The zero-order valence-electron chi connectivity index (χ0n) is 17.7. The minimum Gasteiger partial charge on any atom is -0.341 e. The molecule has 2 N–H and O–H groups in total. The molecule has 1 saturated heterocycles. The summed E-state index contributed by atoms with van der Waals surface area (Å²) in [6, 6.07) is 10.3. The topological polar surface area (TPSA) is 83.0 Å². The summed E-state index contributed by atoms with van der Waals surface area (Å²) in [5.74, 6) is 1.57. The van der Waals surface area contributed by atoms with Gasteiger partial charge in [0.25, 0.3) is 5.91 Å². The van der Waals surface area contributed by atoms with Gasteiger partial charge in [0.1, 0.15) is 11.6 Å². The Bertz CT molecular complexity index is 1100. The Kier molecular flexibility index (Phi) is 7.07. The molecular weight excluding hydrogens is 447 g/mol. The number of nitrogens with one attached hydrogen (secondary N) is 2. The predicted octanol–water partition coefficient (Wildman–Crippen LogP) is 5.73. The van der Waals surface area contributed by atoms with E-state index in [0.29, 0.717) is 27.4 Å². The molecule has 166 valence electrons. The van der Waals surface area contributed by atoms with Crippen LogP contribution < -0.4 is 15.5 Å². The fourth-order valence-corrected chi connectivity index (χ4v) is 4.15. The Morgan fingerprint density at radius 2 is 1.78 bits per heavy atom. The highest BCUT2D eigenvalue weighted by Gasteiger charge is 2.17. The maximum absolute atomic E-state index is 12.7. The average molecular weight is 471 g/mol. The Morgan fingerprint density at radius 1 is 1.03 bits per heavy atom. The van der Waals surface area contributed by atoms with Crippen LogP contribution >= 0.6 is 23.2 Å². The molecule has 2 aromatic heterocycles. The van der Waals surface area contributed by atoms with Gasteiger partial charge in [-0.05, 0) is 43.9 Å². The van der Waals surface area contributed by atoms with Crippen molar-refractivity contribution in [2.24, 2.45) is 0 Å². The number of anilines is 4. The van der Waals surface area contributed by atoms with Crippen LogP contribution in [-0.4, -0.2) is 33.9 Å². The number of benzene rings is 1. The third-order valence-electron chi connectivity index (χ3n) is 5.23. The average Bonchev–Trinajstić information content (AvgIpc) is 2.79. The lowest BCUT2D eigenvalue weighted by Gasteiger charge is -2.27. The van der Waals surface area contributed by atoms with E-state index in [1.807, 2.05) is 6.07 Å². The van der Waals surface area contributed by atoms with Crippen molar-refractivity contribution in [2.45, 2.75) is 32.6 Å². The maximum atomic E-state index is 12.7. The van der Waals surface area contributed by atoms with Gasteiger partial charge >= 0.3 is 0 Å². The number of aromatic nitrogens is 3. The highest BCUT2D eigenvalue weighted by molar-refractivity contribution is 6.40. The smallest absolute Gasteiger partial charge is 0.258 e. The highest BCUT2D eigenvalue weighted by Crippen LogP contribution is 2.26. The lowest BCUT2D eigenvalue weighted by molar-refractivity contribution is 0.102. The summed E-state index contributed by atoms with van der Waals surface area (Å²) < 4.78 is 0. The van der Waals surface area contributed by atoms with Gasteiger partial charge in [0, 0.05) is 42.8 Å². The Morgan fingerprint density at radius 3 is 2.50 bits per heavy atom. The zero-order chi connectivity index (χ0) is 22.5. The molecule has 0 bridgehead atoms. The summed E-state index contributed by atoms with van der Waals surface area (Å²) in [4.78, 5) is 28.7.